The summed E-state index contributed by atoms with van der Waals surface area (Å²) >= 11 is 0. The van der Waals surface area contributed by atoms with Gasteiger partial charge in [0.15, 0.2) is 5.69 Å². The van der Waals surface area contributed by atoms with Crippen LogP contribution < -0.4 is 10.1 Å². The molecule has 0 aliphatic rings. The van der Waals surface area contributed by atoms with Crippen LogP contribution in [-0.2, 0) is 16.0 Å². The van der Waals surface area contributed by atoms with Gasteiger partial charge in [0.05, 0.1) is 25.8 Å². The molecule has 2 aromatic carbocycles. The Kier molecular flexibility index (Phi) is 6.06. The highest BCUT2D eigenvalue weighted by Gasteiger charge is 2.11. The van der Waals surface area contributed by atoms with E-state index in [1.54, 1.807) is 55.2 Å². The lowest BCUT2D eigenvalue weighted by Gasteiger charge is -2.09. The van der Waals surface area contributed by atoms with Crippen LogP contribution >= 0.6 is 0 Å². The first-order valence-corrected chi connectivity index (χ1v) is 8.85. The fourth-order valence-electron chi connectivity index (χ4n) is 2.71. The van der Waals surface area contributed by atoms with E-state index in [0.717, 1.165) is 11.3 Å². The SMILES string of the molecule is CCOC(=O)c1ccn(-c2ccc(NC(=O)Cc3ccccc3OC)cc2)n1. The zero-order valence-electron chi connectivity index (χ0n) is 15.7. The second-order valence-corrected chi connectivity index (χ2v) is 5.95. The Hall–Kier alpha value is -3.61. The van der Waals surface area contributed by atoms with Crippen molar-refractivity contribution >= 4 is 17.6 Å². The molecule has 1 aromatic heterocycles. The highest BCUT2D eigenvalue weighted by molar-refractivity contribution is 5.92. The monoisotopic (exact) mass is 379 g/mol. The topological polar surface area (TPSA) is 82.5 Å². The number of benzene rings is 2. The number of rotatable bonds is 7. The lowest BCUT2D eigenvalue weighted by molar-refractivity contribution is -0.115. The Balaban J connectivity index is 1.64. The minimum atomic E-state index is -0.457. The molecule has 0 bridgehead atoms. The molecule has 0 aliphatic heterocycles. The highest BCUT2D eigenvalue weighted by Crippen LogP contribution is 2.19. The molecule has 3 aromatic rings. The molecule has 3 rings (SSSR count). The summed E-state index contributed by atoms with van der Waals surface area (Å²) in [5.41, 5.74) is 2.50. The molecule has 0 spiro atoms. The zero-order chi connectivity index (χ0) is 19.9. The van der Waals surface area contributed by atoms with Crippen molar-refractivity contribution in [1.82, 2.24) is 9.78 Å². The van der Waals surface area contributed by atoms with Crippen LogP contribution in [0, 0.1) is 0 Å². The molecule has 1 heterocycles. The maximum absolute atomic E-state index is 12.3. The number of esters is 1. The molecule has 144 valence electrons. The number of methoxy groups -OCH3 is 1. The molecule has 0 fully saturated rings. The van der Waals surface area contributed by atoms with Gasteiger partial charge in [0, 0.05) is 17.4 Å². The first kappa shape index (κ1) is 19.2. The van der Waals surface area contributed by atoms with Crippen molar-refractivity contribution in [2.45, 2.75) is 13.3 Å². The second kappa shape index (κ2) is 8.85. The molecule has 0 saturated carbocycles. The van der Waals surface area contributed by atoms with Crippen LogP contribution in [0.4, 0.5) is 5.69 Å². The summed E-state index contributed by atoms with van der Waals surface area (Å²) in [6.45, 7) is 2.05. The Bertz CT molecular complexity index is 964. The van der Waals surface area contributed by atoms with Crippen LogP contribution in [0.5, 0.6) is 5.75 Å². The number of hydrogen-bond acceptors (Lipinski definition) is 5. The van der Waals surface area contributed by atoms with Crippen LogP contribution in [-0.4, -0.2) is 35.4 Å². The lowest BCUT2D eigenvalue weighted by atomic mass is 10.1. The molecule has 0 saturated heterocycles. The number of hydrogen-bond donors (Lipinski definition) is 1. The van der Waals surface area contributed by atoms with Crippen molar-refractivity contribution in [2.24, 2.45) is 0 Å². The third-order valence-corrected chi connectivity index (χ3v) is 4.03. The summed E-state index contributed by atoms with van der Waals surface area (Å²) in [6, 6.07) is 16.2. The van der Waals surface area contributed by atoms with Crippen LogP contribution in [0.1, 0.15) is 23.0 Å². The maximum Gasteiger partial charge on any atom is 0.358 e. The van der Waals surface area contributed by atoms with E-state index in [1.165, 1.54) is 0 Å². The van der Waals surface area contributed by atoms with Crippen LogP contribution in [0.15, 0.2) is 60.8 Å². The third-order valence-electron chi connectivity index (χ3n) is 4.03. The summed E-state index contributed by atoms with van der Waals surface area (Å²) in [5.74, 6) is 0.0893. The lowest BCUT2D eigenvalue weighted by Crippen LogP contribution is -2.15. The summed E-state index contributed by atoms with van der Waals surface area (Å²) < 4.78 is 11.8. The fraction of sp³-hybridized carbons (Fsp3) is 0.190. The fourth-order valence-corrected chi connectivity index (χ4v) is 2.71. The number of carbonyl (C=O) groups excluding carboxylic acids is 2. The first-order valence-electron chi connectivity index (χ1n) is 8.85. The van der Waals surface area contributed by atoms with E-state index in [4.69, 9.17) is 9.47 Å². The quantitative estimate of drug-likeness (QED) is 0.637. The number of nitrogens with zero attached hydrogens (tertiary/aromatic N) is 2. The van der Waals surface area contributed by atoms with Crippen molar-refractivity contribution < 1.29 is 19.1 Å². The molecular formula is C21H21N3O4. The molecule has 7 nitrogen and oxygen atoms in total. The van der Waals surface area contributed by atoms with Gasteiger partial charge < -0.3 is 14.8 Å². The molecular weight excluding hydrogens is 358 g/mol. The van der Waals surface area contributed by atoms with Gasteiger partial charge in [-0.05, 0) is 43.3 Å². The number of para-hydroxylation sites is 1. The maximum atomic E-state index is 12.3. The van der Waals surface area contributed by atoms with E-state index in [0.29, 0.717) is 18.0 Å². The predicted octanol–water partition coefficient (Wildman–Crippen LogP) is 3.24. The van der Waals surface area contributed by atoms with Crippen LogP contribution in [0.2, 0.25) is 0 Å². The highest BCUT2D eigenvalue weighted by atomic mass is 16.5. The first-order chi connectivity index (χ1) is 13.6. The van der Waals surface area contributed by atoms with Gasteiger partial charge in [0.1, 0.15) is 5.75 Å². The van der Waals surface area contributed by atoms with E-state index >= 15 is 0 Å². The van der Waals surface area contributed by atoms with Crippen molar-refractivity contribution in [3.05, 3.63) is 72.1 Å². The largest absolute Gasteiger partial charge is 0.496 e. The number of carbonyl (C=O) groups is 2. The van der Waals surface area contributed by atoms with Gasteiger partial charge in [-0.25, -0.2) is 9.48 Å². The normalized spacial score (nSPS) is 10.4. The molecule has 0 atom stereocenters. The minimum absolute atomic E-state index is 0.138. The Morgan fingerprint density at radius 1 is 1.07 bits per heavy atom. The zero-order valence-corrected chi connectivity index (χ0v) is 15.7. The van der Waals surface area contributed by atoms with Crippen molar-refractivity contribution in [2.75, 3.05) is 19.0 Å². The van der Waals surface area contributed by atoms with E-state index in [1.807, 2.05) is 24.3 Å². The number of ether oxygens (including phenoxy) is 2. The summed E-state index contributed by atoms with van der Waals surface area (Å²) in [5, 5.41) is 7.07. The molecule has 0 unspecified atom stereocenters. The van der Waals surface area contributed by atoms with Crippen LogP contribution in [0.25, 0.3) is 5.69 Å². The van der Waals surface area contributed by atoms with Gasteiger partial charge in [-0.1, -0.05) is 18.2 Å². The third kappa shape index (κ3) is 4.56. The summed E-state index contributed by atoms with van der Waals surface area (Å²) in [6.07, 6.45) is 1.90. The molecule has 28 heavy (non-hydrogen) atoms. The predicted molar refractivity (Wildman–Crippen MR) is 105 cm³/mol. The second-order valence-electron chi connectivity index (χ2n) is 5.95. The Labute approximate surface area is 162 Å². The van der Waals surface area contributed by atoms with Crippen LogP contribution in [0.3, 0.4) is 0 Å². The summed E-state index contributed by atoms with van der Waals surface area (Å²) in [7, 11) is 1.58. The van der Waals surface area contributed by atoms with E-state index in [-0.39, 0.29) is 18.0 Å². The summed E-state index contributed by atoms with van der Waals surface area (Å²) in [4.78, 5) is 24.0. The van der Waals surface area contributed by atoms with Crippen molar-refractivity contribution in [3.63, 3.8) is 0 Å². The minimum Gasteiger partial charge on any atom is -0.496 e. The Morgan fingerprint density at radius 2 is 1.82 bits per heavy atom. The van der Waals surface area contributed by atoms with Gasteiger partial charge in [0.2, 0.25) is 5.91 Å². The average Bonchev–Trinajstić information content (AvgIpc) is 3.19. The van der Waals surface area contributed by atoms with Crippen molar-refractivity contribution in [1.29, 1.82) is 0 Å². The molecule has 7 heteroatoms. The molecule has 1 N–H and O–H groups in total. The van der Waals surface area contributed by atoms with Gasteiger partial charge in [0.25, 0.3) is 0 Å². The standard InChI is InChI=1S/C21H21N3O4/c1-3-28-21(26)18-12-13-24(23-18)17-10-8-16(9-11-17)22-20(25)14-15-6-4-5-7-19(15)27-2/h4-13H,3,14H2,1-2H3,(H,22,25). The number of nitrogens with one attached hydrogen (secondary N) is 1. The number of aromatic nitrogens is 2. The van der Waals surface area contributed by atoms with Gasteiger partial charge in [-0.3, -0.25) is 4.79 Å². The molecule has 0 radical (unpaired) electrons. The molecule has 0 aliphatic carbocycles. The Morgan fingerprint density at radius 3 is 2.54 bits per heavy atom. The molecule has 1 amide bonds. The number of amides is 1. The van der Waals surface area contributed by atoms with E-state index in [9.17, 15) is 9.59 Å². The van der Waals surface area contributed by atoms with E-state index in [2.05, 4.69) is 10.4 Å². The van der Waals surface area contributed by atoms with E-state index < -0.39 is 5.97 Å². The number of anilines is 1. The van der Waals surface area contributed by atoms with Gasteiger partial charge in [-0.15, -0.1) is 0 Å². The van der Waals surface area contributed by atoms with Crippen molar-refractivity contribution in [3.8, 4) is 11.4 Å². The smallest absolute Gasteiger partial charge is 0.358 e. The average molecular weight is 379 g/mol. The van der Waals surface area contributed by atoms with Gasteiger partial charge in [-0.2, -0.15) is 5.10 Å². The van der Waals surface area contributed by atoms with Gasteiger partial charge >= 0.3 is 5.97 Å².